The van der Waals surface area contributed by atoms with Gasteiger partial charge in [-0.15, -0.1) is 0 Å². The van der Waals surface area contributed by atoms with Crippen molar-refractivity contribution >= 4 is 29.0 Å². The predicted octanol–water partition coefficient (Wildman–Crippen LogP) is 4.20. The fraction of sp³-hybridized carbons (Fsp3) is 0.333. The lowest BCUT2D eigenvalue weighted by Gasteiger charge is -2.11. The normalized spacial score (nSPS) is 10.9. The summed E-state index contributed by atoms with van der Waals surface area (Å²) in [4.78, 5) is 20.3. The highest BCUT2D eigenvalue weighted by Gasteiger charge is 2.23. The van der Waals surface area contributed by atoms with Crippen molar-refractivity contribution in [2.24, 2.45) is 0 Å². The van der Waals surface area contributed by atoms with Crippen molar-refractivity contribution < 1.29 is 9.32 Å². The lowest BCUT2D eigenvalue weighted by Crippen LogP contribution is -2.23. The molecule has 0 fully saturated rings. The highest BCUT2D eigenvalue weighted by atomic mass is 35.5. The number of hydrogen-bond acceptors (Lipinski definition) is 7. The van der Waals surface area contributed by atoms with Crippen molar-refractivity contribution in [1.29, 1.82) is 0 Å². The van der Waals surface area contributed by atoms with Gasteiger partial charge in [0.2, 0.25) is 0 Å². The minimum absolute atomic E-state index is 0.0855. The number of pyridine rings is 1. The third-order valence-electron chi connectivity index (χ3n) is 4.12. The molecule has 2 aromatic heterocycles. The molecule has 3 rings (SSSR count). The number of nitrogens with zero attached hydrogens (tertiary/aromatic N) is 3. The van der Waals surface area contributed by atoms with Crippen LogP contribution in [-0.2, 0) is 12.0 Å². The van der Waals surface area contributed by atoms with Gasteiger partial charge in [0.1, 0.15) is 5.82 Å². The van der Waals surface area contributed by atoms with Crippen LogP contribution in [-0.4, -0.2) is 21.0 Å². The SMILES string of the molecule is CC.CC(C)(C)c1noc(C(=O)NCc2ccc(-c3ccnc(N)c3N)cc2Cl)n1. The van der Waals surface area contributed by atoms with Crippen LogP contribution in [0.3, 0.4) is 0 Å². The molecule has 0 saturated carbocycles. The molecule has 0 aliphatic rings. The number of aromatic nitrogens is 3. The van der Waals surface area contributed by atoms with E-state index in [1.54, 1.807) is 18.3 Å². The summed E-state index contributed by atoms with van der Waals surface area (Å²) in [6.07, 6.45) is 1.58. The van der Waals surface area contributed by atoms with E-state index < -0.39 is 5.91 Å². The van der Waals surface area contributed by atoms with Gasteiger partial charge in [-0.25, -0.2) is 4.98 Å². The zero-order chi connectivity index (χ0) is 22.5. The van der Waals surface area contributed by atoms with Gasteiger partial charge in [-0.3, -0.25) is 4.79 Å². The standard InChI is InChI=1S/C19H21ClN6O2.C2H6/c1-19(2,3)18-25-17(28-26-18)16(27)24-9-11-5-4-10(8-13(11)20)12-6-7-23-15(22)14(12)21;1-2/h4-8H,9,21H2,1-3H3,(H2,22,23)(H,24,27);1-2H3. The molecule has 0 aliphatic heterocycles. The Balaban J connectivity index is 0.00000155. The summed E-state index contributed by atoms with van der Waals surface area (Å²) in [6, 6.07) is 7.19. The van der Waals surface area contributed by atoms with Gasteiger partial charge in [0.05, 0.1) is 5.69 Å². The molecule has 160 valence electrons. The predicted molar refractivity (Wildman–Crippen MR) is 119 cm³/mol. The van der Waals surface area contributed by atoms with Gasteiger partial charge in [-0.1, -0.05) is 63.5 Å². The number of nitrogen functional groups attached to an aromatic ring is 2. The number of carbonyl (C=O) groups excluding carboxylic acids is 1. The Bertz CT molecular complexity index is 1030. The molecular formula is C21H27ClN6O2. The first-order valence-corrected chi connectivity index (χ1v) is 9.95. The monoisotopic (exact) mass is 430 g/mol. The van der Waals surface area contributed by atoms with Gasteiger partial charge >= 0.3 is 11.8 Å². The molecule has 0 atom stereocenters. The summed E-state index contributed by atoms with van der Waals surface area (Å²) < 4.78 is 5.04. The molecule has 0 bridgehead atoms. The maximum atomic E-state index is 12.3. The molecule has 8 nitrogen and oxygen atoms in total. The minimum atomic E-state index is -0.464. The number of anilines is 2. The molecule has 0 spiro atoms. The summed E-state index contributed by atoms with van der Waals surface area (Å²) in [5, 5.41) is 7.05. The Morgan fingerprint density at radius 1 is 1.20 bits per heavy atom. The van der Waals surface area contributed by atoms with Crippen molar-refractivity contribution in [3.05, 3.63) is 52.8 Å². The number of halogens is 1. The van der Waals surface area contributed by atoms with Crippen LogP contribution in [0.4, 0.5) is 11.5 Å². The summed E-state index contributed by atoms with van der Waals surface area (Å²) in [5.41, 5.74) is 14.1. The first kappa shape index (κ1) is 23.2. The summed E-state index contributed by atoms with van der Waals surface area (Å²) in [5.74, 6) is 0.181. The average molecular weight is 431 g/mol. The van der Waals surface area contributed by atoms with Gasteiger partial charge in [-0.2, -0.15) is 4.98 Å². The van der Waals surface area contributed by atoms with E-state index >= 15 is 0 Å². The zero-order valence-electron chi connectivity index (χ0n) is 17.8. The topological polar surface area (TPSA) is 133 Å². The molecule has 0 radical (unpaired) electrons. The van der Waals surface area contributed by atoms with E-state index in [2.05, 4.69) is 20.4 Å². The van der Waals surface area contributed by atoms with Crippen LogP contribution < -0.4 is 16.8 Å². The second kappa shape index (κ2) is 9.58. The van der Waals surface area contributed by atoms with Crippen LogP contribution in [0, 0.1) is 0 Å². The molecule has 30 heavy (non-hydrogen) atoms. The molecule has 0 aliphatic carbocycles. The minimum Gasteiger partial charge on any atom is -0.395 e. The molecule has 2 heterocycles. The number of carbonyl (C=O) groups is 1. The van der Waals surface area contributed by atoms with E-state index in [1.165, 1.54) is 0 Å². The van der Waals surface area contributed by atoms with E-state index in [9.17, 15) is 4.79 Å². The third-order valence-corrected chi connectivity index (χ3v) is 4.47. The van der Waals surface area contributed by atoms with E-state index in [-0.39, 0.29) is 23.7 Å². The molecule has 1 amide bonds. The third kappa shape index (κ3) is 5.27. The zero-order valence-corrected chi connectivity index (χ0v) is 18.5. The molecule has 5 N–H and O–H groups in total. The van der Waals surface area contributed by atoms with Crippen LogP contribution in [0.1, 0.15) is 56.7 Å². The van der Waals surface area contributed by atoms with E-state index in [0.717, 1.165) is 16.7 Å². The van der Waals surface area contributed by atoms with Gasteiger partial charge < -0.3 is 21.3 Å². The molecular weight excluding hydrogens is 404 g/mol. The highest BCUT2D eigenvalue weighted by molar-refractivity contribution is 6.31. The van der Waals surface area contributed by atoms with Crippen molar-refractivity contribution in [2.45, 2.75) is 46.6 Å². The van der Waals surface area contributed by atoms with Gasteiger partial charge in [-0.05, 0) is 23.3 Å². The van der Waals surface area contributed by atoms with E-state index in [0.29, 0.717) is 16.5 Å². The van der Waals surface area contributed by atoms with Crippen molar-refractivity contribution in [3.63, 3.8) is 0 Å². The van der Waals surface area contributed by atoms with Gasteiger partial charge in [0, 0.05) is 28.7 Å². The molecule has 1 aromatic carbocycles. The fourth-order valence-corrected chi connectivity index (χ4v) is 2.72. The van der Waals surface area contributed by atoms with Crippen LogP contribution in [0.5, 0.6) is 0 Å². The average Bonchev–Trinajstić information content (AvgIpc) is 3.21. The number of nitrogens with two attached hydrogens (primary N) is 2. The maximum absolute atomic E-state index is 12.3. The lowest BCUT2D eigenvalue weighted by atomic mass is 9.96. The second-order valence-corrected chi connectivity index (χ2v) is 7.73. The van der Waals surface area contributed by atoms with E-state index in [4.69, 9.17) is 27.6 Å². The molecule has 3 aromatic rings. The van der Waals surface area contributed by atoms with Crippen molar-refractivity contribution in [3.8, 4) is 11.1 Å². The van der Waals surface area contributed by atoms with Crippen LogP contribution in [0.15, 0.2) is 35.0 Å². The Morgan fingerprint density at radius 3 is 2.50 bits per heavy atom. The molecule has 0 unspecified atom stereocenters. The number of benzene rings is 1. The molecule has 9 heteroatoms. The number of rotatable bonds is 4. The van der Waals surface area contributed by atoms with Gasteiger partial charge in [0.25, 0.3) is 0 Å². The largest absolute Gasteiger partial charge is 0.395 e. The Morgan fingerprint density at radius 2 is 1.90 bits per heavy atom. The maximum Gasteiger partial charge on any atom is 0.315 e. The highest BCUT2D eigenvalue weighted by Crippen LogP contribution is 2.31. The van der Waals surface area contributed by atoms with E-state index in [1.807, 2.05) is 46.8 Å². The Hall–Kier alpha value is -3.13. The van der Waals surface area contributed by atoms with Gasteiger partial charge in [0.15, 0.2) is 5.82 Å². The van der Waals surface area contributed by atoms with Crippen LogP contribution >= 0.6 is 11.6 Å². The lowest BCUT2D eigenvalue weighted by molar-refractivity contribution is 0.0907. The fourth-order valence-electron chi connectivity index (χ4n) is 2.47. The number of amides is 1. The smallest absolute Gasteiger partial charge is 0.315 e. The Kier molecular flexibility index (Phi) is 7.39. The summed E-state index contributed by atoms with van der Waals surface area (Å²) in [6.45, 7) is 10.0. The first-order valence-electron chi connectivity index (χ1n) is 9.58. The van der Waals surface area contributed by atoms with Crippen molar-refractivity contribution in [1.82, 2.24) is 20.4 Å². The van der Waals surface area contributed by atoms with Crippen LogP contribution in [0.2, 0.25) is 5.02 Å². The summed E-state index contributed by atoms with van der Waals surface area (Å²) in [7, 11) is 0. The second-order valence-electron chi connectivity index (χ2n) is 7.32. The quantitative estimate of drug-likeness (QED) is 0.564. The van der Waals surface area contributed by atoms with Crippen LogP contribution in [0.25, 0.3) is 11.1 Å². The molecule has 0 saturated heterocycles. The number of hydrogen-bond donors (Lipinski definition) is 3. The first-order chi connectivity index (χ1) is 14.2. The van der Waals surface area contributed by atoms with Crippen molar-refractivity contribution in [2.75, 3.05) is 11.5 Å². The number of nitrogens with one attached hydrogen (secondary N) is 1. The Labute approximate surface area is 181 Å². The summed E-state index contributed by atoms with van der Waals surface area (Å²) >= 11 is 6.37.